The van der Waals surface area contributed by atoms with Gasteiger partial charge in [-0.05, 0) is 17.7 Å². The van der Waals surface area contributed by atoms with Gasteiger partial charge in [0.15, 0.2) is 0 Å². The van der Waals surface area contributed by atoms with Crippen LogP contribution in [0.1, 0.15) is 11.1 Å². The van der Waals surface area contributed by atoms with Crippen LogP contribution in [0.25, 0.3) is 12.2 Å². The van der Waals surface area contributed by atoms with Gasteiger partial charge in [-0.15, -0.1) is 0 Å². The van der Waals surface area contributed by atoms with Gasteiger partial charge >= 0.3 is 0 Å². The van der Waals surface area contributed by atoms with Gasteiger partial charge in [0.25, 0.3) is 0 Å². The maximum absolute atomic E-state index is 6.11. The summed E-state index contributed by atoms with van der Waals surface area (Å²) < 4.78 is 1.01. The van der Waals surface area contributed by atoms with Crippen molar-refractivity contribution in [3.63, 3.8) is 0 Å². The SMILES string of the molecule is Clc1cccc(Br)c1C=Cc1ccccc1. The number of rotatable bonds is 2. The van der Waals surface area contributed by atoms with Crippen molar-refractivity contribution < 1.29 is 0 Å². The van der Waals surface area contributed by atoms with Crippen LogP contribution >= 0.6 is 27.5 Å². The van der Waals surface area contributed by atoms with Crippen LogP contribution in [0.5, 0.6) is 0 Å². The highest BCUT2D eigenvalue weighted by atomic mass is 79.9. The maximum atomic E-state index is 6.11. The first-order valence-electron chi connectivity index (χ1n) is 4.94. The molecule has 0 heterocycles. The smallest absolute Gasteiger partial charge is 0.0489 e. The van der Waals surface area contributed by atoms with Crippen LogP contribution in [0, 0.1) is 0 Å². The second kappa shape index (κ2) is 5.33. The Morgan fingerprint density at radius 3 is 2.31 bits per heavy atom. The van der Waals surface area contributed by atoms with Crippen LogP contribution in [0.4, 0.5) is 0 Å². The Morgan fingerprint density at radius 2 is 1.62 bits per heavy atom. The third kappa shape index (κ3) is 2.75. The third-order valence-electron chi connectivity index (χ3n) is 2.24. The fraction of sp³-hybridized carbons (Fsp3) is 0. The van der Waals surface area contributed by atoms with Crippen molar-refractivity contribution in [2.75, 3.05) is 0 Å². The topological polar surface area (TPSA) is 0 Å². The van der Waals surface area contributed by atoms with E-state index in [9.17, 15) is 0 Å². The lowest BCUT2D eigenvalue weighted by Crippen LogP contribution is -1.77. The Hall–Kier alpha value is -1.05. The van der Waals surface area contributed by atoms with Gasteiger partial charge in [-0.3, -0.25) is 0 Å². The summed E-state index contributed by atoms with van der Waals surface area (Å²) in [6, 6.07) is 15.9. The molecular formula is C14H10BrCl. The van der Waals surface area contributed by atoms with E-state index in [-0.39, 0.29) is 0 Å². The quantitative estimate of drug-likeness (QED) is 0.661. The second-order valence-corrected chi connectivity index (χ2v) is 4.64. The maximum Gasteiger partial charge on any atom is 0.0489 e. The van der Waals surface area contributed by atoms with Gasteiger partial charge in [-0.1, -0.05) is 76.1 Å². The van der Waals surface area contributed by atoms with E-state index in [0.29, 0.717) is 0 Å². The molecule has 0 saturated carbocycles. The van der Waals surface area contributed by atoms with Gasteiger partial charge in [0.1, 0.15) is 0 Å². The summed E-state index contributed by atoms with van der Waals surface area (Å²) in [5, 5.41) is 0.751. The fourth-order valence-corrected chi connectivity index (χ4v) is 2.26. The van der Waals surface area contributed by atoms with Crippen LogP contribution in [-0.2, 0) is 0 Å². The van der Waals surface area contributed by atoms with Crippen molar-refractivity contribution in [2.45, 2.75) is 0 Å². The van der Waals surface area contributed by atoms with Crippen LogP contribution in [0.15, 0.2) is 53.0 Å². The zero-order chi connectivity index (χ0) is 11.4. The van der Waals surface area contributed by atoms with Crippen molar-refractivity contribution in [2.24, 2.45) is 0 Å². The molecule has 0 nitrogen and oxygen atoms in total. The summed E-state index contributed by atoms with van der Waals surface area (Å²) in [5.41, 5.74) is 2.17. The zero-order valence-electron chi connectivity index (χ0n) is 8.53. The molecule has 0 aromatic heterocycles. The summed E-state index contributed by atoms with van der Waals surface area (Å²) in [7, 11) is 0. The zero-order valence-corrected chi connectivity index (χ0v) is 10.9. The third-order valence-corrected chi connectivity index (χ3v) is 3.26. The first-order chi connectivity index (χ1) is 7.77. The largest absolute Gasteiger partial charge is 0.0836 e. The number of halogens is 2. The van der Waals surface area contributed by atoms with Crippen molar-refractivity contribution in [3.05, 3.63) is 69.2 Å². The first-order valence-corrected chi connectivity index (χ1v) is 6.11. The molecule has 0 aliphatic rings. The van der Waals surface area contributed by atoms with Gasteiger partial charge in [0, 0.05) is 15.1 Å². The molecule has 0 atom stereocenters. The lowest BCUT2D eigenvalue weighted by atomic mass is 10.1. The Labute approximate surface area is 109 Å². The highest BCUT2D eigenvalue weighted by Crippen LogP contribution is 2.26. The molecule has 0 fully saturated rings. The van der Waals surface area contributed by atoms with Gasteiger partial charge < -0.3 is 0 Å². The molecule has 2 aromatic carbocycles. The summed E-state index contributed by atoms with van der Waals surface area (Å²) in [6.45, 7) is 0. The lowest BCUT2D eigenvalue weighted by molar-refractivity contribution is 1.60. The Balaban J connectivity index is 2.31. The predicted octanol–water partition coefficient (Wildman–Crippen LogP) is 5.27. The highest BCUT2D eigenvalue weighted by molar-refractivity contribution is 9.10. The fourth-order valence-electron chi connectivity index (χ4n) is 1.41. The van der Waals surface area contributed by atoms with E-state index in [1.165, 1.54) is 0 Å². The van der Waals surface area contributed by atoms with E-state index in [4.69, 9.17) is 11.6 Å². The highest BCUT2D eigenvalue weighted by Gasteiger charge is 2.00. The molecular weight excluding hydrogens is 284 g/mol. The van der Waals surface area contributed by atoms with E-state index in [1.54, 1.807) is 0 Å². The normalized spacial score (nSPS) is 10.9. The molecule has 0 spiro atoms. The average Bonchev–Trinajstić information content (AvgIpc) is 2.30. The van der Waals surface area contributed by atoms with Crippen molar-refractivity contribution in [3.8, 4) is 0 Å². The molecule has 0 bridgehead atoms. The average molecular weight is 294 g/mol. The number of hydrogen-bond acceptors (Lipinski definition) is 0. The predicted molar refractivity (Wildman–Crippen MR) is 74.5 cm³/mol. The molecule has 16 heavy (non-hydrogen) atoms. The minimum atomic E-state index is 0.751. The number of hydrogen-bond donors (Lipinski definition) is 0. The molecule has 0 unspecified atom stereocenters. The van der Waals surface area contributed by atoms with Gasteiger partial charge in [-0.25, -0.2) is 0 Å². The standard InChI is InChI=1S/C14H10BrCl/c15-13-7-4-8-14(16)12(13)10-9-11-5-2-1-3-6-11/h1-10H. The van der Waals surface area contributed by atoms with Crippen LogP contribution in [-0.4, -0.2) is 0 Å². The Morgan fingerprint density at radius 1 is 0.875 bits per heavy atom. The van der Waals surface area contributed by atoms with E-state index in [0.717, 1.165) is 20.6 Å². The molecule has 0 aliphatic heterocycles. The van der Waals surface area contributed by atoms with Crippen molar-refractivity contribution >= 4 is 39.7 Å². The molecule has 80 valence electrons. The molecule has 0 radical (unpaired) electrons. The monoisotopic (exact) mass is 292 g/mol. The minimum Gasteiger partial charge on any atom is -0.0836 e. The molecule has 2 aromatic rings. The minimum absolute atomic E-state index is 0.751. The lowest BCUT2D eigenvalue weighted by Gasteiger charge is -2.01. The number of benzene rings is 2. The molecule has 2 rings (SSSR count). The molecule has 0 saturated heterocycles. The van der Waals surface area contributed by atoms with Crippen LogP contribution < -0.4 is 0 Å². The Bertz CT molecular complexity index is 483. The van der Waals surface area contributed by atoms with Crippen molar-refractivity contribution in [1.29, 1.82) is 0 Å². The van der Waals surface area contributed by atoms with E-state index in [1.807, 2.05) is 48.6 Å². The summed E-state index contributed by atoms with van der Waals surface area (Å²) in [4.78, 5) is 0. The van der Waals surface area contributed by atoms with Gasteiger partial charge in [-0.2, -0.15) is 0 Å². The van der Waals surface area contributed by atoms with E-state index < -0.39 is 0 Å². The summed E-state index contributed by atoms with van der Waals surface area (Å²) in [6.07, 6.45) is 4.06. The van der Waals surface area contributed by atoms with E-state index >= 15 is 0 Å². The van der Waals surface area contributed by atoms with Gasteiger partial charge in [0.2, 0.25) is 0 Å². The van der Waals surface area contributed by atoms with E-state index in [2.05, 4.69) is 28.1 Å². The van der Waals surface area contributed by atoms with Crippen LogP contribution in [0.2, 0.25) is 5.02 Å². The summed E-state index contributed by atoms with van der Waals surface area (Å²) >= 11 is 9.60. The van der Waals surface area contributed by atoms with Crippen LogP contribution in [0.3, 0.4) is 0 Å². The van der Waals surface area contributed by atoms with Crippen molar-refractivity contribution in [1.82, 2.24) is 0 Å². The molecule has 0 N–H and O–H groups in total. The second-order valence-electron chi connectivity index (χ2n) is 3.38. The summed E-state index contributed by atoms with van der Waals surface area (Å²) in [5.74, 6) is 0. The molecule has 2 heteroatoms. The first kappa shape index (κ1) is 11.4. The molecule has 0 amide bonds. The molecule has 0 aliphatic carbocycles. The Kier molecular flexibility index (Phi) is 3.81. The van der Waals surface area contributed by atoms with Gasteiger partial charge in [0.05, 0.1) is 0 Å².